The van der Waals surface area contributed by atoms with E-state index in [1.54, 1.807) is 6.92 Å². The van der Waals surface area contributed by atoms with Gasteiger partial charge < -0.3 is 11.1 Å². The van der Waals surface area contributed by atoms with Crippen LogP contribution in [0.2, 0.25) is 5.02 Å². The van der Waals surface area contributed by atoms with E-state index in [1.165, 1.54) is 18.2 Å². The van der Waals surface area contributed by atoms with Gasteiger partial charge in [0, 0.05) is 5.02 Å². The smallest absolute Gasteiger partial charge is 0.241 e. The molecule has 0 saturated heterocycles. The molecule has 15 heavy (non-hydrogen) atoms. The molecule has 1 aromatic rings. The number of rotatable bonds is 3. The second kappa shape index (κ2) is 5.09. The average molecular weight is 231 g/mol. The number of nitrogens with two attached hydrogens (primary N) is 1. The van der Waals surface area contributed by atoms with Crippen LogP contribution in [0.25, 0.3) is 0 Å². The van der Waals surface area contributed by atoms with E-state index in [2.05, 4.69) is 5.32 Å². The number of amides is 1. The Morgan fingerprint density at radius 2 is 2.33 bits per heavy atom. The SMILES string of the molecule is CC[C@H](N)C(=O)Nc1cc(Cl)ccc1F. The lowest BCUT2D eigenvalue weighted by Gasteiger charge is -2.10. The van der Waals surface area contributed by atoms with Crippen LogP contribution in [0.3, 0.4) is 0 Å². The summed E-state index contributed by atoms with van der Waals surface area (Å²) in [6.45, 7) is 1.78. The van der Waals surface area contributed by atoms with Gasteiger partial charge in [-0.05, 0) is 24.6 Å². The molecule has 0 spiro atoms. The van der Waals surface area contributed by atoms with Crippen LogP contribution < -0.4 is 11.1 Å². The monoisotopic (exact) mass is 230 g/mol. The summed E-state index contributed by atoms with van der Waals surface area (Å²) in [4.78, 5) is 11.4. The van der Waals surface area contributed by atoms with Crippen molar-refractivity contribution in [3.05, 3.63) is 29.0 Å². The first kappa shape index (κ1) is 11.9. The molecule has 3 N–H and O–H groups in total. The van der Waals surface area contributed by atoms with E-state index >= 15 is 0 Å². The second-order valence-corrected chi connectivity index (χ2v) is 3.56. The van der Waals surface area contributed by atoms with Crippen molar-refractivity contribution in [1.82, 2.24) is 0 Å². The molecular weight excluding hydrogens is 219 g/mol. The highest BCUT2D eigenvalue weighted by Gasteiger charge is 2.13. The van der Waals surface area contributed by atoms with E-state index in [0.29, 0.717) is 11.4 Å². The van der Waals surface area contributed by atoms with Gasteiger partial charge in [0.05, 0.1) is 11.7 Å². The number of carbonyl (C=O) groups excluding carboxylic acids is 1. The molecule has 0 aliphatic rings. The summed E-state index contributed by atoms with van der Waals surface area (Å²) in [5, 5.41) is 2.74. The molecule has 0 radical (unpaired) electrons. The number of carbonyl (C=O) groups is 1. The Kier molecular flexibility index (Phi) is 4.05. The summed E-state index contributed by atoms with van der Waals surface area (Å²) in [5.41, 5.74) is 5.54. The molecule has 0 aliphatic heterocycles. The summed E-state index contributed by atoms with van der Waals surface area (Å²) in [6.07, 6.45) is 0.494. The summed E-state index contributed by atoms with van der Waals surface area (Å²) in [5.74, 6) is -0.949. The Hall–Kier alpha value is -1.13. The highest BCUT2D eigenvalue weighted by atomic mass is 35.5. The van der Waals surface area contributed by atoms with Gasteiger partial charge in [-0.2, -0.15) is 0 Å². The predicted molar refractivity (Wildman–Crippen MR) is 58.3 cm³/mol. The van der Waals surface area contributed by atoms with Gasteiger partial charge in [-0.25, -0.2) is 4.39 Å². The molecule has 1 amide bonds. The largest absolute Gasteiger partial charge is 0.322 e. The molecule has 0 aromatic heterocycles. The first-order chi connectivity index (χ1) is 7.04. The lowest BCUT2D eigenvalue weighted by atomic mass is 10.2. The third kappa shape index (κ3) is 3.18. The van der Waals surface area contributed by atoms with Crippen molar-refractivity contribution in [2.24, 2.45) is 5.73 Å². The molecular formula is C10H12ClFN2O. The lowest BCUT2D eigenvalue weighted by molar-refractivity contribution is -0.117. The number of hydrogen-bond donors (Lipinski definition) is 2. The van der Waals surface area contributed by atoms with Gasteiger partial charge in [0.2, 0.25) is 5.91 Å². The molecule has 0 unspecified atom stereocenters. The molecule has 1 aromatic carbocycles. The van der Waals surface area contributed by atoms with Crippen molar-refractivity contribution >= 4 is 23.2 Å². The maximum atomic E-state index is 13.2. The molecule has 1 atom stereocenters. The number of nitrogens with one attached hydrogen (secondary N) is 1. The molecule has 1 rings (SSSR count). The van der Waals surface area contributed by atoms with Crippen molar-refractivity contribution in [1.29, 1.82) is 0 Å². The Balaban J connectivity index is 2.80. The topological polar surface area (TPSA) is 55.1 Å². The van der Waals surface area contributed by atoms with E-state index in [9.17, 15) is 9.18 Å². The van der Waals surface area contributed by atoms with Gasteiger partial charge >= 0.3 is 0 Å². The maximum absolute atomic E-state index is 13.2. The van der Waals surface area contributed by atoms with Crippen LogP contribution >= 0.6 is 11.6 Å². The minimum Gasteiger partial charge on any atom is -0.322 e. The van der Waals surface area contributed by atoms with E-state index in [0.717, 1.165) is 0 Å². The van der Waals surface area contributed by atoms with Gasteiger partial charge in [0.1, 0.15) is 5.82 Å². The quantitative estimate of drug-likeness (QED) is 0.836. The van der Waals surface area contributed by atoms with Gasteiger partial charge in [-0.3, -0.25) is 4.79 Å². The Morgan fingerprint density at radius 3 is 2.93 bits per heavy atom. The summed E-state index contributed by atoms with van der Waals surface area (Å²) in [7, 11) is 0. The van der Waals surface area contributed by atoms with Crippen molar-refractivity contribution in [3.63, 3.8) is 0 Å². The fourth-order valence-corrected chi connectivity index (χ4v) is 1.18. The van der Waals surface area contributed by atoms with Crippen LogP contribution in [0.1, 0.15) is 13.3 Å². The molecule has 0 saturated carbocycles. The van der Waals surface area contributed by atoms with Gasteiger partial charge in [0.25, 0.3) is 0 Å². The minimum atomic E-state index is -0.636. The third-order valence-corrected chi connectivity index (χ3v) is 2.20. The molecule has 3 nitrogen and oxygen atoms in total. The summed E-state index contributed by atoms with van der Waals surface area (Å²) < 4.78 is 13.2. The normalized spacial score (nSPS) is 12.3. The van der Waals surface area contributed by atoms with Gasteiger partial charge in [0.15, 0.2) is 0 Å². The average Bonchev–Trinajstić information content (AvgIpc) is 2.22. The first-order valence-electron chi connectivity index (χ1n) is 4.56. The zero-order valence-corrected chi connectivity index (χ0v) is 9.01. The highest BCUT2D eigenvalue weighted by Crippen LogP contribution is 2.19. The summed E-state index contributed by atoms with van der Waals surface area (Å²) in [6, 6.07) is 3.31. The van der Waals surface area contributed by atoms with Gasteiger partial charge in [-0.15, -0.1) is 0 Å². The van der Waals surface area contributed by atoms with Gasteiger partial charge in [-0.1, -0.05) is 18.5 Å². The third-order valence-electron chi connectivity index (χ3n) is 1.96. The zero-order chi connectivity index (χ0) is 11.4. The molecule has 0 heterocycles. The van der Waals surface area contributed by atoms with Crippen LogP contribution in [-0.4, -0.2) is 11.9 Å². The summed E-state index contributed by atoms with van der Waals surface area (Å²) >= 11 is 5.66. The Bertz CT molecular complexity index is 370. The van der Waals surface area contributed by atoms with Crippen molar-refractivity contribution in [2.75, 3.05) is 5.32 Å². The van der Waals surface area contributed by atoms with Crippen molar-refractivity contribution in [3.8, 4) is 0 Å². The fourth-order valence-electron chi connectivity index (χ4n) is 1.00. The Labute approximate surface area is 92.4 Å². The molecule has 82 valence electrons. The van der Waals surface area contributed by atoms with E-state index in [-0.39, 0.29) is 5.69 Å². The number of anilines is 1. The van der Waals surface area contributed by atoms with Crippen molar-refractivity contribution < 1.29 is 9.18 Å². The lowest BCUT2D eigenvalue weighted by Crippen LogP contribution is -2.35. The number of hydrogen-bond acceptors (Lipinski definition) is 2. The van der Waals surface area contributed by atoms with Crippen LogP contribution in [0.4, 0.5) is 10.1 Å². The van der Waals surface area contributed by atoms with Crippen LogP contribution in [-0.2, 0) is 4.79 Å². The van der Waals surface area contributed by atoms with Crippen LogP contribution in [0, 0.1) is 5.82 Å². The standard InChI is InChI=1S/C10H12ClFN2O/c1-2-8(13)10(15)14-9-5-6(11)3-4-7(9)12/h3-5,8H,2,13H2,1H3,(H,14,15)/t8-/m0/s1. The second-order valence-electron chi connectivity index (χ2n) is 3.13. The highest BCUT2D eigenvalue weighted by molar-refractivity contribution is 6.30. The fraction of sp³-hybridized carbons (Fsp3) is 0.300. The van der Waals surface area contributed by atoms with Crippen LogP contribution in [0.15, 0.2) is 18.2 Å². The maximum Gasteiger partial charge on any atom is 0.241 e. The molecule has 0 aliphatic carbocycles. The molecule has 0 fully saturated rings. The minimum absolute atomic E-state index is 0.0522. The molecule has 0 bridgehead atoms. The van der Waals surface area contributed by atoms with Crippen LogP contribution in [0.5, 0.6) is 0 Å². The first-order valence-corrected chi connectivity index (χ1v) is 4.94. The number of benzene rings is 1. The van der Waals surface area contributed by atoms with E-state index < -0.39 is 17.8 Å². The number of halogens is 2. The predicted octanol–water partition coefficient (Wildman–Crippen LogP) is 2.15. The Morgan fingerprint density at radius 1 is 1.67 bits per heavy atom. The van der Waals surface area contributed by atoms with E-state index in [4.69, 9.17) is 17.3 Å². The van der Waals surface area contributed by atoms with E-state index in [1.807, 2.05) is 0 Å². The zero-order valence-electron chi connectivity index (χ0n) is 8.26. The van der Waals surface area contributed by atoms with Crippen molar-refractivity contribution in [2.45, 2.75) is 19.4 Å². The molecule has 5 heteroatoms.